The van der Waals surface area contributed by atoms with Crippen molar-refractivity contribution in [3.8, 4) is 11.5 Å². The number of likely N-dealkylation sites (tertiary alicyclic amines) is 1. The maximum Gasteiger partial charge on any atom is 0.225 e. The van der Waals surface area contributed by atoms with Gasteiger partial charge in [0.2, 0.25) is 5.91 Å². The van der Waals surface area contributed by atoms with Crippen LogP contribution in [0.5, 0.6) is 11.5 Å². The van der Waals surface area contributed by atoms with E-state index in [-0.39, 0.29) is 18.3 Å². The molecule has 1 amide bonds. The van der Waals surface area contributed by atoms with Gasteiger partial charge in [0.25, 0.3) is 0 Å². The lowest BCUT2D eigenvalue weighted by Crippen LogP contribution is -2.46. The fourth-order valence-electron chi connectivity index (χ4n) is 5.18. The summed E-state index contributed by atoms with van der Waals surface area (Å²) in [5, 5.41) is 0. The number of benzene rings is 1. The molecule has 1 atom stereocenters. The molecule has 3 aliphatic rings. The summed E-state index contributed by atoms with van der Waals surface area (Å²) in [7, 11) is 0. The normalized spacial score (nSPS) is 20.7. The topological polar surface area (TPSA) is 51.2 Å². The van der Waals surface area contributed by atoms with Crippen LogP contribution >= 0.6 is 12.4 Å². The van der Waals surface area contributed by atoms with Crippen LogP contribution < -0.4 is 9.47 Å². The van der Waals surface area contributed by atoms with Crippen LogP contribution in [0.4, 0.5) is 0 Å². The molecule has 0 spiro atoms. The molecule has 2 saturated heterocycles. The number of rotatable bonds is 7. The number of ether oxygens (including phenoxy) is 3. The zero-order valence-corrected chi connectivity index (χ0v) is 20.4. The zero-order chi connectivity index (χ0) is 21.6. The van der Waals surface area contributed by atoms with Crippen LogP contribution in [0, 0.1) is 11.8 Å². The van der Waals surface area contributed by atoms with E-state index in [1.54, 1.807) is 0 Å². The highest BCUT2D eigenvalue weighted by Crippen LogP contribution is 2.31. The Morgan fingerprint density at radius 2 is 1.75 bits per heavy atom. The van der Waals surface area contributed by atoms with Crippen LogP contribution in [-0.4, -0.2) is 74.4 Å². The van der Waals surface area contributed by atoms with E-state index in [9.17, 15) is 4.79 Å². The van der Waals surface area contributed by atoms with E-state index < -0.39 is 0 Å². The first-order chi connectivity index (χ1) is 15.1. The molecular formula is C25H39ClN2O4. The van der Waals surface area contributed by atoms with Crippen LogP contribution in [-0.2, 0) is 16.0 Å². The standard InChI is InChI=1S/C25H38N2O4.ClH/c1-3-26(19(2)16-21-4-5-23-24(17-21)31-15-14-30-23)18-20-6-10-27(11-7-20)25(28)22-8-12-29-13-9-22;/h4-5,17,19-20,22H,3,6-16,18H2,1-2H3;1H. The minimum atomic E-state index is 0. The van der Waals surface area contributed by atoms with E-state index in [1.165, 1.54) is 5.56 Å². The summed E-state index contributed by atoms with van der Waals surface area (Å²) in [4.78, 5) is 17.5. The maximum absolute atomic E-state index is 12.8. The lowest BCUT2D eigenvalue weighted by molar-refractivity contribution is -0.140. The van der Waals surface area contributed by atoms with Gasteiger partial charge in [0.1, 0.15) is 13.2 Å². The summed E-state index contributed by atoms with van der Waals surface area (Å²) in [6.07, 6.45) is 5.01. The van der Waals surface area contributed by atoms with Gasteiger partial charge < -0.3 is 24.0 Å². The molecule has 0 bridgehead atoms. The summed E-state index contributed by atoms with van der Waals surface area (Å²) < 4.78 is 16.8. The Bertz CT molecular complexity index is 733. The molecule has 3 heterocycles. The fourth-order valence-corrected chi connectivity index (χ4v) is 5.18. The number of carbonyl (C=O) groups is 1. The average Bonchev–Trinajstić information content (AvgIpc) is 2.83. The SMILES string of the molecule is CCN(CC1CCN(C(=O)C2CCOCC2)CC1)C(C)Cc1ccc2c(c1)OCCO2.Cl. The van der Waals surface area contributed by atoms with Gasteiger partial charge in [0, 0.05) is 44.8 Å². The Morgan fingerprint density at radius 3 is 2.44 bits per heavy atom. The number of fused-ring (bicyclic) bond motifs is 1. The second-order valence-corrected chi connectivity index (χ2v) is 9.27. The monoisotopic (exact) mass is 466 g/mol. The Kier molecular flexibility index (Phi) is 9.50. The van der Waals surface area contributed by atoms with Crippen LogP contribution in [0.25, 0.3) is 0 Å². The van der Waals surface area contributed by atoms with Crippen molar-refractivity contribution in [2.24, 2.45) is 11.8 Å². The molecule has 1 aromatic carbocycles. The molecule has 0 radical (unpaired) electrons. The first-order valence-electron chi connectivity index (χ1n) is 12.1. The van der Waals surface area contributed by atoms with Crippen LogP contribution in [0.1, 0.15) is 45.1 Å². The molecule has 0 aromatic heterocycles. The van der Waals surface area contributed by atoms with Crippen molar-refractivity contribution in [3.63, 3.8) is 0 Å². The number of piperidine rings is 1. The van der Waals surface area contributed by atoms with Gasteiger partial charge in [0.05, 0.1) is 0 Å². The van der Waals surface area contributed by atoms with Gasteiger partial charge in [-0.25, -0.2) is 0 Å². The summed E-state index contributed by atoms with van der Waals surface area (Å²) in [6, 6.07) is 6.81. The molecule has 0 saturated carbocycles. The molecule has 1 unspecified atom stereocenters. The summed E-state index contributed by atoms with van der Waals surface area (Å²) >= 11 is 0. The van der Waals surface area contributed by atoms with Crippen molar-refractivity contribution in [2.75, 3.05) is 52.6 Å². The number of nitrogens with zero attached hydrogens (tertiary/aromatic N) is 2. The maximum atomic E-state index is 12.8. The molecule has 0 aliphatic carbocycles. The number of halogens is 1. The van der Waals surface area contributed by atoms with Gasteiger partial charge in [-0.3, -0.25) is 4.79 Å². The van der Waals surface area contributed by atoms with E-state index in [1.807, 2.05) is 6.07 Å². The summed E-state index contributed by atoms with van der Waals surface area (Å²) in [5.41, 5.74) is 1.30. The van der Waals surface area contributed by atoms with Gasteiger partial charge in [-0.2, -0.15) is 0 Å². The van der Waals surface area contributed by atoms with E-state index in [2.05, 4.69) is 35.8 Å². The van der Waals surface area contributed by atoms with E-state index in [0.29, 0.717) is 31.1 Å². The van der Waals surface area contributed by atoms with Gasteiger partial charge in [-0.15, -0.1) is 12.4 Å². The third-order valence-corrected chi connectivity index (χ3v) is 7.16. The number of amides is 1. The molecule has 2 fully saturated rings. The predicted octanol–water partition coefficient (Wildman–Crippen LogP) is 3.80. The predicted molar refractivity (Wildman–Crippen MR) is 128 cm³/mol. The van der Waals surface area contributed by atoms with Crippen molar-refractivity contribution in [1.29, 1.82) is 0 Å². The highest BCUT2D eigenvalue weighted by Gasteiger charge is 2.30. The van der Waals surface area contributed by atoms with E-state index >= 15 is 0 Å². The number of likely N-dealkylation sites (N-methyl/N-ethyl adjacent to an activating group) is 1. The van der Waals surface area contributed by atoms with Crippen molar-refractivity contribution in [3.05, 3.63) is 23.8 Å². The van der Waals surface area contributed by atoms with Crippen LogP contribution in [0.3, 0.4) is 0 Å². The van der Waals surface area contributed by atoms with Gasteiger partial charge >= 0.3 is 0 Å². The van der Waals surface area contributed by atoms with E-state index in [4.69, 9.17) is 14.2 Å². The number of hydrogen-bond acceptors (Lipinski definition) is 5. The van der Waals surface area contributed by atoms with Gasteiger partial charge in [-0.1, -0.05) is 13.0 Å². The molecule has 1 aromatic rings. The number of carbonyl (C=O) groups excluding carboxylic acids is 1. The lowest BCUT2D eigenvalue weighted by Gasteiger charge is -2.38. The molecule has 180 valence electrons. The highest BCUT2D eigenvalue weighted by atomic mass is 35.5. The largest absolute Gasteiger partial charge is 0.486 e. The van der Waals surface area contributed by atoms with Crippen molar-refractivity contribution in [1.82, 2.24) is 9.80 Å². The summed E-state index contributed by atoms with van der Waals surface area (Å²) in [5.74, 6) is 2.95. The zero-order valence-electron chi connectivity index (χ0n) is 19.6. The molecule has 7 heteroatoms. The molecule has 3 aliphatic heterocycles. The minimum absolute atomic E-state index is 0. The molecule has 0 N–H and O–H groups in total. The first kappa shape index (κ1) is 25.1. The Labute approximate surface area is 199 Å². The highest BCUT2D eigenvalue weighted by molar-refractivity contribution is 5.85. The van der Waals surface area contributed by atoms with Gasteiger partial charge in [-0.05, 0) is 69.2 Å². The van der Waals surface area contributed by atoms with Crippen LogP contribution in [0.2, 0.25) is 0 Å². The second kappa shape index (κ2) is 12.1. The Hall–Kier alpha value is -1.50. The lowest BCUT2D eigenvalue weighted by atomic mass is 9.92. The Morgan fingerprint density at radius 1 is 1.06 bits per heavy atom. The number of hydrogen-bond donors (Lipinski definition) is 0. The third-order valence-electron chi connectivity index (χ3n) is 7.16. The van der Waals surface area contributed by atoms with Crippen molar-refractivity contribution in [2.45, 2.75) is 52.0 Å². The van der Waals surface area contributed by atoms with Crippen molar-refractivity contribution >= 4 is 18.3 Å². The van der Waals surface area contributed by atoms with Crippen molar-refractivity contribution < 1.29 is 19.0 Å². The molecular weight excluding hydrogens is 428 g/mol. The second-order valence-electron chi connectivity index (χ2n) is 9.27. The van der Waals surface area contributed by atoms with Gasteiger partial charge in [0.15, 0.2) is 11.5 Å². The minimum Gasteiger partial charge on any atom is -0.486 e. The molecule has 32 heavy (non-hydrogen) atoms. The average molecular weight is 467 g/mol. The fraction of sp³-hybridized carbons (Fsp3) is 0.720. The molecule has 6 nitrogen and oxygen atoms in total. The molecule has 4 rings (SSSR count). The third kappa shape index (κ3) is 6.30. The quantitative estimate of drug-likeness (QED) is 0.611. The smallest absolute Gasteiger partial charge is 0.225 e. The van der Waals surface area contributed by atoms with E-state index in [0.717, 1.165) is 83.0 Å². The Balaban J connectivity index is 0.00000289. The first-order valence-corrected chi connectivity index (χ1v) is 12.1. The van der Waals surface area contributed by atoms with Crippen LogP contribution in [0.15, 0.2) is 18.2 Å². The summed E-state index contributed by atoms with van der Waals surface area (Å²) in [6.45, 7) is 11.3.